The molecule has 0 atom stereocenters. The molecule has 1 heterocycles. The molecule has 2 N–H and O–H groups in total. The Morgan fingerprint density at radius 3 is 2.59 bits per heavy atom. The highest BCUT2D eigenvalue weighted by atomic mass is 32.2. The van der Waals surface area contributed by atoms with Crippen LogP contribution in [0.3, 0.4) is 0 Å². The lowest BCUT2D eigenvalue weighted by molar-refractivity contribution is -0.117. The van der Waals surface area contributed by atoms with E-state index < -0.39 is 10.0 Å². The van der Waals surface area contributed by atoms with Gasteiger partial charge >= 0.3 is 0 Å². The summed E-state index contributed by atoms with van der Waals surface area (Å²) in [5.41, 5.74) is 2.00. The van der Waals surface area contributed by atoms with Crippen LogP contribution in [0.15, 0.2) is 33.7 Å². The summed E-state index contributed by atoms with van der Waals surface area (Å²) in [5, 5.41) is 6.78. The summed E-state index contributed by atoms with van der Waals surface area (Å²) in [4.78, 5) is 12.2. The van der Waals surface area contributed by atoms with Crippen LogP contribution in [0.1, 0.15) is 43.2 Å². The quantitative estimate of drug-likeness (QED) is 0.722. The largest absolute Gasteiger partial charge is 0.354 e. The third-order valence-corrected chi connectivity index (χ3v) is 5.72. The predicted octanol–water partition coefficient (Wildman–Crippen LogP) is 3.19. The van der Waals surface area contributed by atoms with Crippen LogP contribution in [0.25, 0.3) is 12.2 Å². The molecule has 1 fully saturated rings. The first-order chi connectivity index (χ1) is 12.9. The molecule has 1 aromatic heterocycles. The van der Waals surface area contributed by atoms with Gasteiger partial charge in [0.25, 0.3) is 0 Å². The number of aryl methyl sites for hydroxylation is 1. The minimum absolute atomic E-state index is 0.00918. The van der Waals surface area contributed by atoms with Gasteiger partial charge in [-0.3, -0.25) is 4.79 Å². The van der Waals surface area contributed by atoms with Crippen molar-refractivity contribution in [1.82, 2.24) is 9.88 Å². The Hall–Kier alpha value is -2.45. The van der Waals surface area contributed by atoms with Gasteiger partial charge in [-0.1, -0.05) is 30.3 Å². The molecule has 1 saturated carbocycles. The second-order valence-electron chi connectivity index (χ2n) is 6.57. The monoisotopic (exact) mass is 389 g/mol. The van der Waals surface area contributed by atoms with Crippen LogP contribution in [0.5, 0.6) is 0 Å². The topological polar surface area (TPSA) is 101 Å². The summed E-state index contributed by atoms with van der Waals surface area (Å²) in [6.07, 6.45) is 6.06. The van der Waals surface area contributed by atoms with Crippen molar-refractivity contribution in [2.24, 2.45) is 5.92 Å². The molecule has 0 radical (unpaired) electrons. The smallest absolute Gasteiger partial charge is 0.240 e. The fraction of sp³-hybridized carbons (Fsp3) is 0.368. The van der Waals surface area contributed by atoms with Gasteiger partial charge in [-0.2, -0.15) is 0 Å². The Morgan fingerprint density at radius 2 is 1.96 bits per heavy atom. The fourth-order valence-corrected chi connectivity index (χ4v) is 3.61. The van der Waals surface area contributed by atoms with Crippen molar-refractivity contribution in [3.8, 4) is 0 Å². The lowest BCUT2D eigenvalue weighted by atomic mass is 10.2. The van der Waals surface area contributed by atoms with Gasteiger partial charge in [-0.05, 0) is 50.0 Å². The molecule has 7 nitrogen and oxygen atoms in total. The third-order valence-electron chi connectivity index (χ3n) is 4.25. The maximum Gasteiger partial charge on any atom is 0.240 e. The molecule has 0 saturated heterocycles. The summed E-state index contributed by atoms with van der Waals surface area (Å²) in [5.74, 6) is 0.542. The maximum atomic E-state index is 12.1. The van der Waals surface area contributed by atoms with Gasteiger partial charge < -0.3 is 9.84 Å². The molecule has 1 aromatic carbocycles. The molecule has 1 aliphatic carbocycles. The van der Waals surface area contributed by atoms with E-state index >= 15 is 0 Å². The third kappa shape index (κ3) is 4.84. The average molecular weight is 389 g/mol. The standard InChI is InChI=1S/C19H23N3O4S/c1-3-12-20-27(24,25)16-9-4-14(5-10-16)6-11-17-18(13(2)22-26-17)21-19(23)15-7-8-15/h4-6,9-11,15,20H,3,7-8,12H2,1-2H3,(H,21,23)/b11-6-. The molecule has 2 aromatic rings. The van der Waals surface area contributed by atoms with Crippen molar-refractivity contribution in [2.75, 3.05) is 11.9 Å². The molecular weight excluding hydrogens is 366 g/mol. The first kappa shape index (κ1) is 19.3. The average Bonchev–Trinajstić information content (AvgIpc) is 3.45. The van der Waals surface area contributed by atoms with Crippen LogP contribution in [0, 0.1) is 12.8 Å². The Bertz CT molecular complexity index is 942. The van der Waals surface area contributed by atoms with Crippen molar-refractivity contribution < 1.29 is 17.7 Å². The van der Waals surface area contributed by atoms with Gasteiger partial charge in [0.2, 0.25) is 15.9 Å². The van der Waals surface area contributed by atoms with Crippen molar-refractivity contribution in [3.63, 3.8) is 0 Å². The highest BCUT2D eigenvalue weighted by Gasteiger charge is 2.30. The number of hydrogen-bond acceptors (Lipinski definition) is 5. The first-order valence-corrected chi connectivity index (χ1v) is 10.4. The van der Waals surface area contributed by atoms with E-state index in [9.17, 15) is 13.2 Å². The minimum Gasteiger partial charge on any atom is -0.354 e. The van der Waals surface area contributed by atoms with Crippen LogP contribution < -0.4 is 10.0 Å². The number of carbonyl (C=O) groups excluding carboxylic acids is 1. The van der Waals surface area contributed by atoms with Gasteiger partial charge in [0, 0.05) is 12.5 Å². The van der Waals surface area contributed by atoms with Crippen LogP contribution in [-0.4, -0.2) is 26.0 Å². The zero-order valence-corrected chi connectivity index (χ0v) is 16.2. The fourth-order valence-electron chi connectivity index (χ4n) is 2.47. The van der Waals surface area contributed by atoms with Crippen molar-refractivity contribution >= 4 is 33.8 Å². The second-order valence-corrected chi connectivity index (χ2v) is 8.34. The molecule has 0 aliphatic heterocycles. The number of sulfonamides is 1. The lowest BCUT2D eigenvalue weighted by Gasteiger charge is -2.05. The lowest BCUT2D eigenvalue weighted by Crippen LogP contribution is -2.24. The Morgan fingerprint density at radius 1 is 1.26 bits per heavy atom. The molecule has 1 amide bonds. The predicted molar refractivity (Wildman–Crippen MR) is 103 cm³/mol. The van der Waals surface area contributed by atoms with E-state index in [1.807, 2.05) is 6.92 Å². The number of carbonyl (C=O) groups is 1. The molecular formula is C19H23N3O4S. The van der Waals surface area contributed by atoms with Crippen molar-refractivity contribution in [2.45, 2.75) is 38.0 Å². The molecule has 144 valence electrons. The molecule has 0 bridgehead atoms. The van der Waals surface area contributed by atoms with Crippen molar-refractivity contribution in [3.05, 3.63) is 41.3 Å². The van der Waals surface area contributed by atoms with Crippen LogP contribution >= 0.6 is 0 Å². The first-order valence-electron chi connectivity index (χ1n) is 8.95. The van der Waals surface area contributed by atoms with E-state index in [1.165, 1.54) is 0 Å². The number of benzene rings is 1. The minimum atomic E-state index is -3.48. The maximum absolute atomic E-state index is 12.1. The Labute approximate surface area is 158 Å². The summed E-state index contributed by atoms with van der Waals surface area (Å²) in [6.45, 7) is 4.08. The van der Waals surface area contributed by atoms with Crippen molar-refractivity contribution in [1.29, 1.82) is 0 Å². The molecule has 27 heavy (non-hydrogen) atoms. The molecule has 0 unspecified atom stereocenters. The highest BCUT2D eigenvalue weighted by Crippen LogP contribution is 2.32. The number of rotatable bonds is 8. The molecule has 1 aliphatic rings. The summed E-state index contributed by atoms with van der Waals surface area (Å²) in [6, 6.07) is 6.53. The zero-order valence-electron chi connectivity index (χ0n) is 15.4. The number of aromatic nitrogens is 1. The second kappa shape index (κ2) is 8.06. The Balaban J connectivity index is 1.72. The Kier molecular flexibility index (Phi) is 5.76. The number of nitrogens with one attached hydrogen (secondary N) is 2. The van der Waals surface area contributed by atoms with E-state index in [-0.39, 0.29) is 16.7 Å². The molecule has 3 rings (SSSR count). The van der Waals surface area contributed by atoms with E-state index in [4.69, 9.17) is 4.52 Å². The van der Waals surface area contributed by atoms with Gasteiger partial charge in [-0.15, -0.1) is 0 Å². The van der Waals surface area contributed by atoms with E-state index in [0.717, 1.165) is 24.8 Å². The molecule has 8 heteroatoms. The van der Waals surface area contributed by atoms with Gasteiger partial charge in [0.1, 0.15) is 11.4 Å². The van der Waals surface area contributed by atoms with Crippen LogP contribution in [-0.2, 0) is 14.8 Å². The van der Waals surface area contributed by atoms with Crippen LogP contribution in [0.4, 0.5) is 5.69 Å². The SMILES string of the molecule is CCCNS(=O)(=O)c1ccc(/C=C\c2onc(C)c2NC(=O)C2CC2)cc1. The van der Waals surface area contributed by atoms with Gasteiger partial charge in [0.05, 0.1) is 4.90 Å². The number of hydrogen-bond donors (Lipinski definition) is 2. The molecule has 0 spiro atoms. The number of nitrogens with zero attached hydrogens (tertiary/aromatic N) is 1. The summed E-state index contributed by atoms with van der Waals surface area (Å²) in [7, 11) is -3.48. The van der Waals surface area contributed by atoms with E-state index in [2.05, 4.69) is 15.2 Å². The number of anilines is 1. The van der Waals surface area contributed by atoms with Gasteiger partial charge in [-0.25, -0.2) is 13.1 Å². The normalized spacial score (nSPS) is 14.6. The van der Waals surface area contributed by atoms with Crippen LogP contribution in [0.2, 0.25) is 0 Å². The zero-order chi connectivity index (χ0) is 19.4. The highest BCUT2D eigenvalue weighted by molar-refractivity contribution is 7.89. The number of amides is 1. The van der Waals surface area contributed by atoms with E-state index in [0.29, 0.717) is 23.7 Å². The van der Waals surface area contributed by atoms with E-state index in [1.54, 1.807) is 43.3 Å². The summed E-state index contributed by atoms with van der Waals surface area (Å²) >= 11 is 0. The summed E-state index contributed by atoms with van der Waals surface area (Å²) < 4.78 is 32.0. The van der Waals surface area contributed by atoms with Gasteiger partial charge in [0.15, 0.2) is 5.76 Å².